The van der Waals surface area contributed by atoms with Gasteiger partial charge < -0.3 is 19.3 Å². The van der Waals surface area contributed by atoms with E-state index in [4.69, 9.17) is 9.47 Å². The van der Waals surface area contributed by atoms with Gasteiger partial charge in [-0.05, 0) is 31.5 Å². The Morgan fingerprint density at radius 1 is 1.04 bits per heavy atom. The van der Waals surface area contributed by atoms with Crippen molar-refractivity contribution < 1.29 is 19.1 Å². The number of hydrogen-bond donors (Lipinski definition) is 0. The molecule has 144 valence electrons. The second-order valence-electron chi connectivity index (χ2n) is 7.85. The van der Waals surface area contributed by atoms with E-state index in [0.29, 0.717) is 37.3 Å². The maximum atomic E-state index is 13.0. The minimum Gasteiger partial charge on any atom is -0.486 e. The molecule has 3 fully saturated rings. The zero-order valence-electron chi connectivity index (χ0n) is 15.4. The topological polar surface area (TPSA) is 62.3 Å². The fraction of sp³-hybridized carbons (Fsp3) is 0.600. The van der Waals surface area contributed by atoms with Crippen LogP contribution in [0.3, 0.4) is 0 Å². The summed E-state index contributed by atoms with van der Waals surface area (Å²) >= 11 is 0. The van der Waals surface area contributed by atoms with Crippen LogP contribution >= 0.6 is 0 Å². The number of piperazine rings is 1. The van der Waals surface area contributed by atoms with Crippen LogP contribution in [0, 0.1) is 5.92 Å². The first kappa shape index (κ1) is 16.9. The van der Waals surface area contributed by atoms with E-state index in [0.717, 1.165) is 31.9 Å². The first-order valence-electron chi connectivity index (χ1n) is 9.92. The summed E-state index contributed by atoms with van der Waals surface area (Å²) < 4.78 is 11.2. The fourth-order valence-corrected chi connectivity index (χ4v) is 4.77. The molecule has 7 nitrogen and oxygen atoms in total. The Kier molecular flexibility index (Phi) is 4.19. The van der Waals surface area contributed by atoms with Crippen molar-refractivity contribution in [3.05, 3.63) is 18.2 Å². The molecule has 1 aromatic carbocycles. The van der Waals surface area contributed by atoms with E-state index < -0.39 is 0 Å². The molecule has 7 heteroatoms. The zero-order valence-corrected chi connectivity index (χ0v) is 15.4. The predicted molar refractivity (Wildman–Crippen MR) is 99.1 cm³/mol. The highest BCUT2D eigenvalue weighted by Crippen LogP contribution is 2.36. The highest BCUT2D eigenvalue weighted by molar-refractivity contribution is 6.00. The monoisotopic (exact) mass is 371 g/mol. The lowest BCUT2D eigenvalue weighted by Gasteiger charge is -2.38. The predicted octanol–water partition coefficient (Wildman–Crippen LogP) is 1.12. The third-order valence-corrected chi connectivity index (χ3v) is 6.21. The molecule has 4 heterocycles. The van der Waals surface area contributed by atoms with Crippen molar-refractivity contribution >= 4 is 17.5 Å². The standard InChI is InChI=1S/C20H25N3O4/c24-19-10-14(20(25)22-7-6-21-5-1-2-16(21)13-22)12-23(19)15-3-4-17-18(11-15)27-9-8-26-17/h3-4,11,14,16H,1-2,5-10,12-13H2. The number of amides is 2. The van der Waals surface area contributed by atoms with Crippen LogP contribution < -0.4 is 14.4 Å². The summed E-state index contributed by atoms with van der Waals surface area (Å²) in [5.41, 5.74) is 0.778. The lowest BCUT2D eigenvalue weighted by Crippen LogP contribution is -2.53. The number of carbonyl (C=O) groups excluding carboxylic acids is 2. The molecule has 4 aliphatic rings. The molecule has 27 heavy (non-hydrogen) atoms. The van der Waals surface area contributed by atoms with Crippen molar-refractivity contribution in [2.45, 2.75) is 25.3 Å². The molecule has 0 spiro atoms. The fourth-order valence-electron chi connectivity index (χ4n) is 4.77. The Morgan fingerprint density at radius 2 is 1.89 bits per heavy atom. The molecule has 5 rings (SSSR count). The van der Waals surface area contributed by atoms with Gasteiger partial charge in [-0.3, -0.25) is 14.5 Å². The Labute approximate surface area is 158 Å². The van der Waals surface area contributed by atoms with Gasteiger partial charge in [-0.2, -0.15) is 0 Å². The zero-order chi connectivity index (χ0) is 18.4. The van der Waals surface area contributed by atoms with Gasteiger partial charge in [0.25, 0.3) is 0 Å². The van der Waals surface area contributed by atoms with Crippen LogP contribution in [0.25, 0.3) is 0 Å². The second kappa shape index (κ2) is 6.71. The maximum absolute atomic E-state index is 13.0. The molecule has 0 aromatic heterocycles. The first-order chi connectivity index (χ1) is 13.2. The smallest absolute Gasteiger partial charge is 0.228 e. The molecule has 0 bridgehead atoms. The number of rotatable bonds is 2. The third kappa shape index (κ3) is 3.04. The Bertz CT molecular complexity index is 768. The average Bonchev–Trinajstić information content (AvgIpc) is 3.33. The van der Waals surface area contributed by atoms with Crippen molar-refractivity contribution in [2.75, 3.05) is 50.8 Å². The van der Waals surface area contributed by atoms with Crippen LogP contribution in [0.4, 0.5) is 5.69 Å². The van der Waals surface area contributed by atoms with Crippen LogP contribution in [-0.4, -0.2) is 73.6 Å². The van der Waals surface area contributed by atoms with Gasteiger partial charge in [0, 0.05) is 50.4 Å². The van der Waals surface area contributed by atoms with Crippen LogP contribution in [0.5, 0.6) is 11.5 Å². The summed E-state index contributed by atoms with van der Waals surface area (Å²) in [5, 5.41) is 0. The molecule has 0 saturated carbocycles. The quantitative estimate of drug-likeness (QED) is 0.780. The third-order valence-electron chi connectivity index (χ3n) is 6.21. The van der Waals surface area contributed by atoms with Crippen LogP contribution in [0.15, 0.2) is 18.2 Å². The summed E-state index contributed by atoms with van der Waals surface area (Å²) in [6.07, 6.45) is 2.70. The number of ether oxygens (including phenoxy) is 2. The van der Waals surface area contributed by atoms with E-state index >= 15 is 0 Å². The molecule has 2 amide bonds. The van der Waals surface area contributed by atoms with Crippen molar-refractivity contribution in [3.63, 3.8) is 0 Å². The van der Waals surface area contributed by atoms with Gasteiger partial charge in [-0.15, -0.1) is 0 Å². The highest BCUT2D eigenvalue weighted by Gasteiger charge is 2.40. The summed E-state index contributed by atoms with van der Waals surface area (Å²) in [7, 11) is 0. The number of hydrogen-bond acceptors (Lipinski definition) is 5. The lowest BCUT2D eigenvalue weighted by molar-refractivity contribution is -0.138. The second-order valence-corrected chi connectivity index (χ2v) is 7.85. The summed E-state index contributed by atoms with van der Waals surface area (Å²) in [6.45, 7) is 5.22. The lowest BCUT2D eigenvalue weighted by atomic mass is 10.1. The molecular weight excluding hydrogens is 346 g/mol. The number of carbonyl (C=O) groups is 2. The van der Waals surface area contributed by atoms with Crippen LogP contribution in [0.1, 0.15) is 19.3 Å². The molecule has 3 saturated heterocycles. The summed E-state index contributed by atoms with van der Waals surface area (Å²) in [5.74, 6) is 1.26. The van der Waals surface area contributed by atoms with Crippen molar-refractivity contribution in [1.29, 1.82) is 0 Å². The molecule has 4 aliphatic heterocycles. The van der Waals surface area contributed by atoms with Gasteiger partial charge in [-0.25, -0.2) is 0 Å². The number of benzene rings is 1. The first-order valence-corrected chi connectivity index (χ1v) is 9.92. The van der Waals surface area contributed by atoms with Crippen molar-refractivity contribution in [3.8, 4) is 11.5 Å². The average molecular weight is 371 g/mol. The molecule has 0 N–H and O–H groups in total. The SMILES string of the molecule is O=C(C1CC(=O)N(c2ccc3c(c2)OCCO3)C1)N1CCN2CCCC2C1. The maximum Gasteiger partial charge on any atom is 0.228 e. The van der Waals surface area contributed by atoms with E-state index in [2.05, 4.69) is 4.90 Å². The molecular formula is C20H25N3O4. The van der Waals surface area contributed by atoms with Gasteiger partial charge in [0.15, 0.2) is 11.5 Å². The van der Waals surface area contributed by atoms with Crippen molar-refractivity contribution in [1.82, 2.24) is 9.80 Å². The minimum atomic E-state index is -0.251. The molecule has 2 unspecified atom stereocenters. The van der Waals surface area contributed by atoms with Gasteiger partial charge >= 0.3 is 0 Å². The molecule has 2 atom stereocenters. The Balaban J connectivity index is 1.28. The normalized spacial score (nSPS) is 27.8. The summed E-state index contributed by atoms with van der Waals surface area (Å²) in [4.78, 5) is 31.8. The van der Waals surface area contributed by atoms with E-state index in [1.165, 1.54) is 12.8 Å². The highest BCUT2D eigenvalue weighted by atomic mass is 16.6. The van der Waals surface area contributed by atoms with E-state index in [1.54, 1.807) is 4.90 Å². The molecule has 0 aliphatic carbocycles. The van der Waals surface area contributed by atoms with Crippen LogP contribution in [0.2, 0.25) is 0 Å². The Hall–Kier alpha value is -2.28. The van der Waals surface area contributed by atoms with Gasteiger partial charge in [-0.1, -0.05) is 0 Å². The number of anilines is 1. The van der Waals surface area contributed by atoms with E-state index in [9.17, 15) is 9.59 Å². The van der Waals surface area contributed by atoms with Crippen molar-refractivity contribution in [2.24, 2.45) is 5.92 Å². The van der Waals surface area contributed by atoms with E-state index in [1.807, 2.05) is 23.1 Å². The minimum absolute atomic E-state index is 0.00419. The van der Waals surface area contributed by atoms with E-state index in [-0.39, 0.29) is 24.2 Å². The number of fused-ring (bicyclic) bond motifs is 2. The molecule has 0 radical (unpaired) electrons. The van der Waals surface area contributed by atoms with Gasteiger partial charge in [0.2, 0.25) is 11.8 Å². The Morgan fingerprint density at radius 3 is 2.78 bits per heavy atom. The van der Waals surface area contributed by atoms with Gasteiger partial charge in [0.05, 0.1) is 5.92 Å². The largest absolute Gasteiger partial charge is 0.486 e. The van der Waals surface area contributed by atoms with Gasteiger partial charge in [0.1, 0.15) is 13.2 Å². The van der Waals surface area contributed by atoms with Crippen LogP contribution in [-0.2, 0) is 9.59 Å². The number of nitrogens with zero attached hydrogens (tertiary/aromatic N) is 3. The summed E-state index contributed by atoms with van der Waals surface area (Å²) in [6, 6.07) is 6.06. The molecule has 1 aromatic rings.